The Morgan fingerprint density at radius 2 is 1.84 bits per heavy atom. The van der Waals surface area contributed by atoms with E-state index in [1.165, 1.54) is 11.6 Å². The van der Waals surface area contributed by atoms with E-state index in [-0.39, 0.29) is 35.5 Å². The number of halogens is 2. The Kier molecular flexibility index (Phi) is 7.14. The van der Waals surface area contributed by atoms with Gasteiger partial charge in [0.2, 0.25) is 0 Å². The zero-order valence-corrected chi connectivity index (χ0v) is 18.7. The van der Waals surface area contributed by atoms with Gasteiger partial charge in [0.25, 0.3) is 0 Å². The van der Waals surface area contributed by atoms with Crippen LogP contribution in [0.3, 0.4) is 0 Å². The highest BCUT2D eigenvalue weighted by Gasteiger charge is 2.42. The van der Waals surface area contributed by atoms with Crippen molar-refractivity contribution in [1.29, 1.82) is 0 Å². The van der Waals surface area contributed by atoms with Gasteiger partial charge in [-0.05, 0) is 55.5 Å². The summed E-state index contributed by atoms with van der Waals surface area (Å²) in [6.07, 6.45) is 3.52. The molecule has 0 atom stereocenters. The van der Waals surface area contributed by atoms with Crippen LogP contribution in [-0.4, -0.2) is 47.7 Å². The summed E-state index contributed by atoms with van der Waals surface area (Å²) in [7, 11) is 0. The Bertz CT molecular complexity index is 961. The molecule has 2 aromatic rings. The number of carbonyl (C=O) groups excluding carboxylic acids is 1. The molecule has 0 unspecified atom stereocenters. The van der Waals surface area contributed by atoms with Crippen molar-refractivity contribution in [2.45, 2.75) is 37.1 Å². The molecule has 0 aromatic heterocycles. The Morgan fingerprint density at radius 3 is 2.48 bits per heavy atom. The number of nitrogens with zero attached hydrogens (tertiary/aromatic N) is 2. The Labute approximate surface area is 193 Å². The van der Waals surface area contributed by atoms with E-state index in [0.717, 1.165) is 25.7 Å². The normalized spacial score (nSPS) is 23.5. The zero-order chi connectivity index (χ0) is 21.3. The molecule has 1 saturated carbocycles. The van der Waals surface area contributed by atoms with E-state index in [2.05, 4.69) is 6.07 Å². The largest absolute Gasteiger partial charge is 0.478 e. The quantitative estimate of drug-likeness (QED) is 0.680. The second-order valence-corrected chi connectivity index (χ2v) is 8.61. The summed E-state index contributed by atoms with van der Waals surface area (Å²) < 4.78 is 0. The first-order valence-electron chi connectivity index (χ1n) is 10.3. The SMILES string of the molecule is Cl.NCC1(c2cccc(Cl)c2)CCC(N2CCN(c3ccccc3C(=O)O)C2=O)CC1. The smallest absolute Gasteiger partial charge is 0.337 e. The molecule has 8 heteroatoms. The molecule has 2 aromatic carbocycles. The van der Waals surface area contributed by atoms with Crippen molar-refractivity contribution in [3.63, 3.8) is 0 Å². The molecule has 1 saturated heterocycles. The van der Waals surface area contributed by atoms with Crippen molar-refractivity contribution in [2.24, 2.45) is 5.73 Å². The molecule has 4 rings (SSSR count). The van der Waals surface area contributed by atoms with Crippen LogP contribution >= 0.6 is 24.0 Å². The van der Waals surface area contributed by atoms with Gasteiger partial charge in [0.15, 0.2) is 0 Å². The van der Waals surface area contributed by atoms with E-state index in [0.29, 0.717) is 30.3 Å². The fraction of sp³-hybridized carbons (Fsp3) is 0.391. The van der Waals surface area contributed by atoms with E-state index in [1.807, 2.05) is 23.1 Å². The summed E-state index contributed by atoms with van der Waals surface area (Å²) in [5, 5.41) is 10.2. The highest BCUT2D eigenvalue weighted by atomic mass is 35.5. The van der Waals surface area contributed by atoms with E-state index in [9.17, 15) is 14.7 Å². The maximum absolute atomic E-state index is 13.1. The Balaban J connectivity index is 0.00000272. The third-order valence-electron chi connectivity index (χ3n) is 6.65. The lowest BCUT2D eigenvalue weighted by atomic mass is 9.68. The number of anilines is 1. The summed E-state index contributed by atoms with van der Waals surface area (Å²) in [5.74, 6) is -1.02. The highest BCUT2D eigenvalue weighted by Crippen LogP contribution is 2.41. The van der Waals surface area contributed by atoms with Crippen molar-refractivity contribution < 1.29 is 14.7 Å². The van der Waals surface area contributed by atoms with Crippen LogP contribution in [-0.2, 0) is 5.41 Å². The van der Waals surface area contributed by atoms with Gasteiger partial charge in [-0.2, -0.15) is 0 Å². The van der Waals surface area contributed by atoms with Gasteiger partial charge in [-0.15, -0.1) is 12.4 Å². The predicted molar refractivity (Wildman–Crippen MR) is 125 cm³/mol. The molecule has 2 fully saturated rings. The molecule has 0 spiro atoms. The number of amides is 2. The second kappa shape index (κ2) is 9.47. The molecule has 1 aliphatic carbocycles. The lowest BCUT2D eigenvalue weighted by Gasteiger charge is -2.42. The molecule has 2 aliphatic rings. The third kappa shape index (κ3) is 4.38. The summed E-state index contributed by atoms with van der Waals surface area (Å²) in [6, 6.07) is 14.6. The molecule has 3 N–H and O–H groups in total. The van der Waals surface area contributed by atoms with Gasteiger partial charge in [0, 0.05) is 36.1 Å². The standard InChI is InChI=1S/C23H26ClN3O3.ClH/c24-17-5-3-4-16(14-17)23(15-25)10-8-18(9-11-23)26-12-13-27(22(26)30)20-7-2-1-6-19(20)21(28)29;/h1-7,14,18H,8-13,15,25H2,(H,28,29);1H. The molecule has 6 nitrogen and oxygen atoms in total. The van der Waals surface area contributed by atoms with Gasteiger partial charge < -0.3 is 15.7 Å². The topological polar surface area (TPSA) is 86.9 Å². The maximum Gasteiger partial charge on any atom is 0.337 e. The van der Waals surface area contributed by atoms with Crippen molar-refractivity contribution in [2.75, 3.05) is 24.5 Å². The van der Waals surface area contributed by atoms with Crippen LogP contribution < -0.4 is 10.6 Å². The van der Waals surface area contributed by atoms with Crippen molar-refractivity contribution in [3.05, 3.63) is 64.7 Å². The van der Waals surface area contributed by atoms with Gasteiger partial charge in [0.05, 0.1) is 11.3 Å². The third-order valence-corrected chi connectivity index (χ3v) is 6.88. The summed E-state index contributed by atoms with van der Waals surface area (Å²) in [6.45, 7) is 1.65. The number of aromatic carboxylic acids is 1. The molecule has 1 heterocycles. The Morgan fingerprint density at radius 1 is 1.13 bits per heavy atom. The number of rotatable bonds is 5. The van der Waals surface area contributed by atoms with E-state index >= 15 is 0 Å². The van der Waals surface area contributed by atoms with E-state index < -0.39 is 5.97 Å². The van der Waals surface area contributed by atoms with Crippen LogP contribution in [0.5, 0.6) is 0 Å². The summed E-state index contributed by atoms with van der Waals surface area (Å²) in [5.41, 5.74) is 7.87. The van der Waals surface area contributed by atoms with Gasteiger partial charge in [-0.3, -0.25) is 4.90 Å². The number of carboxylic acids is 1. The fourth-order valence-electron chi connectivity index (χ4n) is 4.90. The van der Waals surface area contributed by atoms with Crippen LogP contribution in [0.25, 0.3) is 0 Å². The van der Waals surface area contributed by atoms with Gasteiger partial charge in [-0.1, -0.05) is 35.9 Å². The number of hydrogen-bond donors (Lipinski definition) is 2. The minimum absolute atomic E-state index is 0. The number of para-hydroxylation sites is 1. The summed E-state index contributed by atoms with van der Waals surface area (Å²) in [4.78, 5) is 28.2. The fourth-order valence-corrected chi connectivity index (χ4v) is 5.09. The number of carbonyl (C=O) groups is 2. The number of nitrogens with two attached hydrogens (primary N) is 1. The van der Waals surface area contributed by atoms with Gasteiger partial charge in [-0.25, -0.2) is 9.59 Å². The van der Waals surface area contributed by atoms with E-state index in [1.54, 1.807) is 23.1 Å². The second-order valence-electron chi connectivity index (χ2n) is 8.18. The first kappa shape index (κ1) is 23.4. The number of benzene rings is 2. The number of carboxylic acid groups (broad SMARTS) is 1. The summed E-state index contributed by atoms with van der Waals surface area (Å²) >= 11 is 6.20. The molecule has 0 bridgehead atoms. The zero-order valence-electron chi connectivity index (χ0n) is 17.2. The van der Waals surface area contributed by atoms with Crippen molar-refractivity contribution in [3.8, 4) is 0 Å². The molecular weight excluding hydrogens is 437 g/mol. The average molecular weight is 464 g/mol. The van der Waals surface area contributed by atoms with Crippen LogP contribution in [0.4, 0.5) is 10.5 Å². The lowest BCUT2D eigenvalue weighted by Crippen LogP contribution is -2.47. The van der Waals surface area contributed by atoms with Gasteiger partial charge >= 0.3 is 12.0 Å². The Hall–Kier alpha value is -2.28. The predicted octanol–water partition coefficient (Wildman–Crippen LogP) is 4.54. The molecule has 166 valence electrons. The van der Waals surface area contributed by atoms with Crippen LogP contribution in [0.15, 0.2) is 48.5 Å². The average Bonchev–Trinajstić information content (AvgIpc) is 3.15. The monoisotopic (exact) mass is 463 g/mol. The van der Waals surface area contributed by atoms with Gasteiger partial charge in [0.1, 0.15) is 0 Å². The molecule has 31 heavy (non-hydrogen) atoms. The van der Waals surface area contributed by atoms with Crippen molar-refractivity contribution >= 4 is 41.7 Å². The van der Waals surface area contributed by atoms with Crippen LogP contribution in [0.1, 0.15) is 41.6 Å². The molecule has 2 amide bonds. The number of hydrogen-bond acceptors (Lipinski definition) is 3. The number of urea groups is 1. The van der Waals surface area contributed by atoms with E-state index in [4.69, 9.17) is 17.3 Å². The first-order chi connectivity index (χ1) is 14.4. The lowest BCUT2D eigenvalue weighted by molar-refractivity contribution is 0.0697. The molecule has 0 radical (unpaired) electrons. The molecular formula is C23H27Cl2N3O3. The minimum Gasteiger partial charge on any atom is -0.478 e. The minimum atomic E-state index is -1.02. The van der Waals surface area contributed by atoms with Crippen molar-refractivity contribution in [1.82, 2.24) is 4.90 Å². The van der Waals surface area contributed by atoms with Crippen LogP contribution in [0.2, 0.25) is 5.02 Å². The maximum atomic E-state index is 13.1. The first-order valence-corrected chi connectivity index (χ1v) is 10.7. The molecule has 1 aliphatic heterocycles. The van der Waals surface area contributed by atoms with Crippen LogP contribution in [0, 0.1) is 0 Å². The highest BCUT2D eigenvalue weighted by molar-refractivity contribution is 6.30.